The Morgan fingerprint density at radius 1 is 1.50 bits per heavy atom. The summed E-state index contributed by atoms with van der Waals surface area (Å²) in [5.41, 5.74) is 6.62. The highest BCUT2D eigenvalue weighted by Gasteiger charge is 2.31. The summed E-state index contributed by atoms with van der Waals surface area (Å²) in [7, 11) is 1.84. The number of rotatable bonds is 2. The van der Waals surface area contributed by atoms with Crippen molar-refractivity contribution in [2.24, 2.45) is 0 Å². The van der Waals surface area contributed by atoms with Gasteiger partial charge in [-0.3, -0.25) is 4.79 Å². The molecule has 0 unspecified atom stereocenters. The normalized spacial score (nSPS) is 15.0. The molecule has 2 aromatic rings. The fraction of sp³-hybridized carbons (Fsp3) is 0.308. The lowest BCUT2D eigenvalue weighted by atomic mass is 10.2. The third kappa shape index (κ3) is 1.85. The van der Waals surface area contributed by atoms with Crippen molar-refractivity contribution in [3.05, 3.63) is 28.1 Å². The van der Waals surface area contributed by atoms with Crippen LogP contribution in [0.1, 0.15) is 22.5 Å². The van der Waals surface area contributed by atoms with Crippen LogP contribution in [-0.2, 0) is 0 Å². The van der Waals surface area contributed by atoms with Gasteiger partial charge >= 0.3 is 0 Å². The van der Waals surface area contributed by atoms with E-state index < -0.39 is 0 Å². The number of carbonyl (C=O) groups excluding carboxylic acids is 1. The molecule has 1 fully saturated rings. The molecule has 1 aliphatic rings. The SMILES string of the molecule is CN(C(=O)c1sc2ccc(Cl)cc2c1N)C1CC1. The Balaban J connectivity index is 2.06. The summed E-state index contributed by atoms with van der Waals surface area (Å²) in [4.78, 5) is 14.7. The quantitative estimate of drug-likeness (QED) is 0.917. The van der Waals surface area contributed by atoms with Crippen LogP contribution in [0.25, 0.3) is 10.1 Å². The second-order valence-corrected chi connectivity index (χ2v) is 6.12. The molecule has 1 saturated carbocycles. The van der Waals surface area contributed by atoms with E-state index in [1.165, 1.54) is 11.3 Å². The molecule has 0 bridgehead atoms. The second kappa shape index (κ2) is 4.14. The van der Waals surface area contributed by atoms with E-state index in [1.54, 1.807) is 4.90 Å². The lowest BCUT2D eigenvalue weighted by molar-refractivity contribution is 0.0791. The summed E-state index contributed by atoms with van der Waals surface area (Å²) in [6.07, 6.45) is 2.19. The van der Waals surface area contributed by atoms with Crippen molar-refractivity contribution in [3.8, 4) is 0 Å². The van der Waals surface area contributed by atoms with Crippen molar-refractivity contribution >= 4 is 44.6 Å². The van der Waals surface area contributed by atoms with E-state index in [0.717, 1.165) is 22.9 Å². The van der Waals surface area contributed by atoms with E-state index >= 15 is 0 Å². The number of nitrogens with two attached hydrogens (primary N) is 1. The lowest BCUT2D eigenvalue weighted by Crippen LogP contribution is -2.28. The maximum absolute atomic E-state index is 12.3. The third-order valence-corrected chi connectivity index (χ3v) is 4.71. The monoisotopic (exact) mass is 280 g/mol. The average Bonchev–Trinajstić information content (AvgIpc) is 3.15. The summed E-state index contributed by atoms with van der Waals surface area (Å²) in [5.74, 6) is 0.0207. The van der Waals surface area contributed by atoms with Gasteiger partial charge in [0.25, 0.3) is 5.91 Å². The van der Waals surface area contributed by atoms with Crippen LogP contribution in [0.15, 0.2) is 18.2 Å². The van der Waals surface area contributed by atoms with Crippen LogP contribution >= 0.6 is 22.9 Å². The Hall–Kier alpha value is -1.26. The summed E-state index contributed by atoms with van der Waals surface area (Å²) < 4.78 is 1.00. The number of benzene rings is 1. The first kappa shape index (κ1) is 11.8. The number of nitrogens with zero attached hydrogens (tertiary/aromatic N) is 1. The Morgan fingerprint density at radius 2 is 2.22 bits per heavy atom. The molecule has 3 nitrogen and oxygen atoms in total. The summed E-state index contributed by atoms with van der Waals surface area (Å²) in [6.45, 7) is 0. The topological polar surface area (TPSA) is 46.3 Å². The minimum atomic E-state index is 0.0207. The largest absolute Gasteiger partial charge is 0.397 e. The van der Waals surface area contributed by atoms with Gasteiger partial charge in [-0.15, -0.1) is 11.3 Å². The fourth-order valence-electron chi connectivity index (χ4n) is 2.04. The molecule has 1 aromatic carbocycles. The van der Waals surface area contributed by atoms with Gasteiger partial charge in [0.2, 0.25) is 0 Å². The van der Waals surface area contributed by atoms with Crippen molar-refractivity contribution in [2.75, 3.05) is 12.8 Å². The summed E-state index contributed by atoms with van der Waals surface area (Å²) >= 11 is 7.40. The number of nitrogen functional groups attached to an aromatic ring is 1. The number of halogens is 1. The van der Waals surface area contributed by atoms with Gasteiger partial charge in [0.1, 0.15) is 4.88 Å². The van der Waals surface area contributed by atoms with Crippen LogP contribution in [-0.4, -0.2) is 23.9 Å². The van der Waals surface area contributed by atoms with Crippen molar-refractivity contribution in [1.29, 1.82) is 0 Å². The summed E-state index contributed by atoms with van der Waals surface area (Å²) in [5, 5.41) is 1.52. The van der Waals surface area contributed by atoms with Crippen LogP contribution in [0, 0.1) is 0 Å². The zero-order valence-corrected chi connectivity index (χ0v) is 11.5. The molecule has 0 saturated heterocycles. The molecule has 94 valence electrons. The van der Waals surface area contributed by atoms with Crippen molar-refractivity contribution in [1.82, 2.24) is 4.90 Å². The molecule has 0 radical (unpaired) electrons. The third-order valence-electron chi connectivity index (χ3n) is 3.30. The van der Waals surface area contributed by atoms with E-state index in [2.05, 4.69) is 0 Å². The predicted molar refractivity (Wildman–Crippen MR) is 76.4 cm³/mol. The van der Waals surface area contributed by atoms with Gasteiger partial charge in [-0.05, 0) is 31.0 Å². The Labute approximate surface area is 114 Å². The lowest BCUT2D eigenvalue weighted by Gasteiger charge is -2.15. The molecule has 1 heterocycles. The molecule has 0 spiro atoms. The first-order valence-corrected chi connectivity index (χ1v) is 7.02. The first-order chi connectivity index (χ1) is 8.58. The number of carbonyl (C=O) groups is 1. The molecule has 3 rings (SSSR count). The maximum atomic E-state index is 12.3. The minimum Gasteiger partial charge on any atom is -0.397 e. The maximum Gasteiger partial charge on any atom is 0.266 e. The number of fused-ring (bicyclic) bond motifs is 1. The molecule has 18 heavy (non-hydrogen) atoms. The molecule has 2 N–H and O–H groups in total. The van der Waals surface area contributed by atoms with E-state index in [9.17, 15) is 4.79 Å². The van der Waals surface area contributed by atoms with E-state index in [-0.39, 0.29) is 5.91 Å². The number of hydrogen-bond acceptors (Lipinski definition) is 3. The van der Waals surface area contributed by atoms with Gasteiger partial charge in [0.05, 0.1) is 5.69 Å². The number of thiophene rings is 1. The summed E-state index contributed by atoms with van der Waals surface area (Å²) in [6, 6.07) is 5.94. The highest BCUT2D eigenvalue weighted by molar-refractivity contribution is 7.21. The molecule has 1 aliphatic carbocycles. The van der Waals surface area contributed by atoms with Crippen LogP contribution in [0.3, 0.4) is 0 Å². The van der Waals surface area contributed by atoms with Crippen molar-refractivity contribution in [3.63, 3.8) is 0 Å². The molecule has 1 amide bonds. The molecule has 0 aliphatic heterocycles. The van der Waals surface area contributed by atoms with Crippen LogP contribution in [0.2, 0.25) is 5.02 Å². The van der Waals surface area contributed by atoms with Gasteiger partial charge in [0.15, 0.2) is 0 Å². The van der Waals surface area contributed by atoms with Gasteiger partial charge in [0, 0.05) is 28.2 Å². The standard InChI is InChI=1S/C13H13ClN2OS/c1-16(8-3-4-8)13(17)12-11(15)9-6-7(14)2-5-10(9)18-12/h2,5-6,8H,3-4,15H2,1H3. The van der Waals surface area contributed by atoms with Crippen LogP contribution in [0.5, 0.6) is 0 Å². The van der Waals surface area contributed by atoms with E-state index in [1.807, 2.05) is 25.2 Å². The Bertz CT molecular complexity index is 633. The minimum absolute atomic E-state index is 0.0207. The van der Waals surface area contributed by atoms with Crippen LogP contribution in [0.4, 0.5) is 5.69 Å². The highest BCUT2D eigenvalue weighted by atomic mass is 35.5. The number of hydrogen-bond donors (Lipinski definition) is 1. The first-order valence-electron chi connectivity index (χ1n) is 5.82. The fourth-order valence-corrected chi connectivity index (χ4v) is 3.29. The van der Waals surface area contributed by atoms with Crippen molar-refractivity contribution < 1.29 is 4.79 Å². The smallest absolute Gasteiger partial charge is 0.266 e. The highest BCUT2D eigenvalue weighted by Crippen LogP contribution is 2.37. The van der Waals surface area contributed by atoms with Gasteiger partial charge in [-0.1, -0.05) is 11.6 Å². The van der Waals surface area contributed by atoms with Gasteiger partial charge < -0.3 is 10.6 Å². The van der Waals surface area contributed by atoms with Crippen molar-refractivity contribution in [2.45, 2.75) is 18.9 Å². The Kier molecular flexibility index (Phi) is 2.72. The molecule has 5 heteroatoms. The van der Waals surface area contributed by atoms with Crippen LogP contribution < -0.4 is 5.73 Å². The molecule has 0 atom stereocenters. The zero-order valence-electron chi connectivity index (χ0n) is 9.94. The molecular formula is C13H13ClN2OS. The Morgan fingerprint density at radius 3 is 2.89 bits per heavy atom. The number of anilines is 1. The second-order valence-electron chi connectivity index (χ2n) is 4.63. The van der Waals surface area contributed by atoms with E-state index in [0.29, 0.717) is 21.6 Å². The predicted octanol–water partition coefficient (Wildman–Crippen LogP) is 3.37. The average molecular weight is 281 g/mol. The number of amides is 1. The molecular weight excluding hydrogens is 268 g/mol. The van der Waals surface area contributed by atoms with Gasteiger partial charge in [-0.2, -0.15) is 0 Å². The molecule has 1 aromatic heterocycles. The van der Waals surface area contributed by atoms with E-state index in [4.69, 9.17) is 17.3 Å². The van der Waals surface area contributed by atoms with Gasteiger partial charge in [-0.25, -0.2) is 0 Å². The zero-order chi connectivity index (χ0) is 12.9.